The number of nitrogens with zero attached hydrogens (tertiary/aromatic N) is 6. The van der Waals surface area contributed by atoms with Gasteiger partial charge in [0.1, 0.15) is 10.5 Å². The molecule has 0 bridgehead atoms. The second-order valence-corrected chi connectivity index (χ2v) is 8.02. The van der Waals surface area contributed by atoms with Gasteiger partial charge in [0.25, 0.3) is 5.56 Å². The van der Waals surface area contributed by atoms with Crippen LogP contribution < -0.4 is 16.8 Å². The maximum absolute atomic E-state index is 13.2. The topological polar surface area (TPSA) is 143 Å². The number of thiazole rings is 1. The van der Waals surface area contributed by atoms with E-state index in [2.05, 4.69) is 26.8 Å². The number of fused-ring (bicyclic) bond motifs is 3. The quantitative estimate of drug-likeness (QED) is 0.232. The Hall–Kier alpha value is -3.49. The van der Waals surface area contributed by atoms with Gasteiger partial charge in [-0.1, -0.05) is 6.92 Å². The first-order valence-corrected chi connectivity index (χ1v) is 10.3. The molecule has 0 amide bonds. The predicted molar refractivity (Wildman–Crippen MR) is 114 cm³/mol. The molecule has 0 saturated carbocycles. The van der Waals surface area contributed by atoms with E-state index in [0.717, 1.165) is 26.4 Å². The number of nitrogens with two attached hydrogens (primary N) is 1. The average molecular weight is 424 g/mol. The lowest BCUT2D eigenvalue weighted by atomic mass is 9.98. The van der Waals surface area contributed by atoms with Crippen molar-refractivity contribution in [3.63, 3.8) is 0 Å². The number of nitriles is 1. The monoisotopic (exact) mass is 423 g/mol. The molecule has 4 heterocycles. The summed E-state index contributed by atoms with van der Waals surface area (Å²) in [4.78, 5) is 17.9. The zero-order chi connectivity index (χ0) is 21.3. The van der Waals surface area contributed by atoms with Gasteiger partial charge in [-0.25, -0.2) is 9.67 Å². The number of allylic oxidation sites excluding steroid dienone is 1. The number of rotatable bonds is 7. The second kappa shape index (κ2) is 8.10. The molecule has 0 aliphatic rings. The summed E-state index contributed by atoms with van der Waals surface area (Å²) < 4.78 is 4.16. The van der Waals surface area contributed by atoms with Gasteiger partial charge in [0.05, 0.1) is 34.8 Å². The third-order valence-corrected chi connectivity index (χ3v) is 6.23. The minimum absolute atomic E-state index is 0.173. The predicted octanol–water partition coefficient (Wildman–Crippen LogP) is 1.56. The molecule has 1 unspecified atom stereocenters. The molecule has 0 aliphatic carbocycles. The normalized spacial score (nSPS) is 13.1. The Morgan fingerprint density at radius 1 is 1.53 bits per heavy atom. The smallest absolute Gasteiger partial charge is 0.291 e. The van der Waals surface area contributed by atoms with Crippen LogP contribution in [0.2, 0.25) is 0 Å². The van der Waals surface area contributed by atoms with Gasteiger partial charge < -0.3 is 9.99 Å². The average Bonchev–Trinajstić information content (AvgIpc) is 3.45. The summed E-state index contributed by atoms with van der Waals surface area (Å²) in [5.74, 6) is 5.15. The molecule has 10 nitrogen and oxygen atoms in total. The molecule has 4 rings (SSSR count). The Bertz CT molecular complexity index is 1320. The molecule has 154 valence electrons. The highest BCUT2D eigenvalue weighted by Crippen LogP contribution is 2.31. The lowest BCUT2D eigenvalue weighted by Gasteiger charge is -2.15. The maximum atomic E-state index is 13.2. The molecule has 4 aromatic rings. The standard InChI is InChI=1S/C19H21N9OS/c1-3-11(12(7-20)8-22-21)10-28-19(29)16-14(9-24-28)17-18(27(16)2)25-15(30-17)6-13-4-5-23-26-13/h4-5,8-9,11,22H,3,6,10,21H2,1-2H3,(H,23,26)/b12-8-. The molecule has 11 heteroatoms. The van der Waals surface area contributed by atoms with Crippen LogP contribution >= 0.6 is 11.3 Å². The van der Waals surface area contributed by atoms with Crippen molar-refractivity contribution in [3.8, 4) is 6.07 Å². The molecule has 4 aromatic heterocycles. The van der Waals surface area contributed by atoms with Gasteiger partial charge in [-0.05, 0) is 12.5 Å². The minimum atomic E-state index is -0.203. The lowest BCUT2D eigenvalue weighted by molar-refractivity contribution is 0.450. The van der Waals surface area contributed by atoms with E-state index in [1.807, 2.05) is 24.6 Å². The third-order valence-electron chi connectivity index (χ3n) is 5.15. The van der Waals surface area contributed by atoms with Crippen molar-refractivity contribution in [1.29, 1.82) is 5.26 Å². The van der Waals surface area contributed by atoms with E-state index in [-0.39, 0.29) is 11.5 Å². The molecule has 0 fully saturated rings. The number of hydrogen-bond acceptors (Lipinski definition) is 8. The first-order chi connectivity index (χ1) is 14.6. The number of aromatic amines is 1. The number of aryl methyl sites for hydroxylation is 1. The first-order valence-electron chi connectivity index (χ1n) is 9.46. The van der Waals surface area contributed by atoms with Gasteiger partial charge in [0.2, 0.25) is 0 Å². The van der Waals surface area contributed by atoms with Crippen LogP contribution in [0.5, 0.6) is 0 Å². The highest BCUT2D eigenvalue weighted by molar-refractivity contribution is 7.19. The van der Waals surface area contributed by atoms with Crippen molar-refractivity contribution < 1.29 is 0 Å². The molecule has 30 heavy (non-hydrogen) atoms. The highest BCUT2D eigenvalue weighted by atomic mass is 32.1. The van der Waals surface area contributed by atoms with Gasteiger partial charge in [0.15, 0.2) is 5.65 Å². The largest absolute Gasteiger partial charge is 0.330 e. The number of aromatic nitrogens is 6. The molecule has 1 atom stereocenters. The zero-order valence-electron chi connectivity index (χ0n) is 16.6. The van der Waals surface area contributed by atoms with E-state index in [4.69, 9.17) is 10.8 Å². The zero-order valence-corrected chi connectivity index (χ0v) is 17.4. The Morgan fingerprint density at radius 3 is 3.03 bits per heavy atom. The van der Waals surface area contributed by atoms with Gasteiger partial charge in [-0.2, -0.15) is 15.5 Å². The highest BCUT2D eigenvalue weighted by Gasteiger charge is 2.20. The van der Waals surface area contributed by atoms with Crippen LogP contribution in [0.1, 0.15) is 24.0 Å². The summed E-state index contributed by atoms with van der Waals surface area (Å²) in [5, 5.41) is 22.4. The van der Waals surface area contributed by atoms with E-state index in [1.165, 1.54) is 10.9 Å². The second-order valence-electron chi connectivity index (χ2n) is 6.94. The van der Waals surface area contributed by atoms with Gasteiger partial charge >= 0.3 is 0 Å². The molecule has 0 aromatic carbocycles. The van der Waals surface area contributed by atoms with Crippen LogP contribution in [-0.4, -0.2) is 29.5 Å². The Balaban J connectivity index is 1.74. The molecule has 0 radical (unpaired) electrons. The summed E-state index contributed by atoms with van der Waals surface area (Å²) in [6.45, 7) is 2.25. The fourth-order valence-electron chi connectivity index (χ4n) is 3.57. The number of hydrogen-bond donors (Lipinski definition) is 3. The van der Waals surface area contributed by atoms with Crippen molar-refractivity contribution in [2.24, 2.45) is 18.8 Å². The van der Waals surface area contributed by atoms with Crippen LogP contribution in [0.15, 0.2) is 35.0 Å². The van der Waals surface area contributed by atoms with E-state index < -0.39 is 0 Å². The van der Waals surface area contributed by atoms with Crippen molar-refractivity contribution >= 4 is 32.6 Å². The fourth-order valence-corrected chi connectivity index (χ4v) is 4.69. The fraction of sp³-hybridized carbons (Fsp3) is 0.316. The van der Waals surface area contributed by atoms with Crippen LogP contribution in [0.4, 0.5) is 0 Å². The Labute approximate surface area is 175 Å². The summed E-state index contributed by atoms with van der Waals surface area (Å²) in [7, 11) is 1.84. The van der Waals surface area contributed by atoms with Crippen LogP contribution in [0, 0.1) is 17.2 Å². The van der Waals surface area contributed by atoms with Crippen molar-refractivity contribution in [3.05, 3.63) is 51.3 Å². The molecule has 0 saturated heterocycles. The van der Waals surface area contributed by atoms with Crippen LogP contribution in [0.3, 0.4) is 0 Å². The molecular formula is C19H21N9OS. The first kappa shape index (κ1) is 19.8. The van der Waals surface area contributed by atoms with Crippen molar-refractivity contribution in [2.75, 3.05) is 0 Å². The van der Waals surface area contributed by atoms with E-state index in [0.29, 0.717) is 30.5 Å². The Morgan fingerprint density at radius 2 is 2.37 bits per heavy atom. The number of nitrogens with one attached hydrogen (secondary N) is 2. The SMILES string of the molecule is CCC(Cn1ncc2c3sc(Cc4cc[nH]n4)nc3n(C)c2c1=O)/C(C#N)=C\NN. The van der Waals surface area contributed by atoms with Crippen LogP contribution in [-0.2, 0) is 20.0 Å². The van der Waals surface area contributed by atoms with E-state index >= 15 is 0 Å². The maximum Gasteiger partial charge on any atom is 0.291 e. The molecule has 0 spiro atoms. The summed E-state index contributed by atoms with van der Waals surface area (Å²) in [6, 6.07) is 4.05. The summed E-state index contributed by atoms with van der Waals surface area (Å²) in [6.07, 6.45) is 6.25. The van der Waals surface area contributed by atoms with Crippen molar-refractivity contribution in [1.82, 2.24) is 35.0 Å². The van der Waals surface area contributed by atoms with Gasteiger partial charge in [0, 0.05) is 37.2 Å². The van der Waals surface area contributed by atoms with Gasteiger partial charge in [-0.15, -0.1) is 11.3 Å². The molecule has 0 aliphatic heterocycles. The summed E-state index contributed by atoms with van der Waals surface area (Å²) in [5.41, 5.74) is 4.90. The Kier molecular flexibility index (Phi) is 5.35. The number of H-pyrrole nitrogens is 1. The van der Waals surface area contributed by atoms with E-state index in [1.54, 1.807) is 23.7 Å². The third kappa shape index (κ3) is 3.36. The van der Waals surface area contributed by atoms with E-state index in [9.17, 15) is 10.1 Å². The number of hydrazine groups is 1. The lowest BCUT2D eigenvalue weighted by Crippen LogP contribution is -2.28. The molecule has 4 N–H and O–H groups in total. The molecular weight excluding hydrogens is 402 g/mol. The summed E-state index contributed by atoms with van der Waals surface area (Å²) >= 11 is 1.55. The van der Waals surface area contributed by atoms with Gasteiger partial charge in [-0.3, -0.25) is 15.7 Å². The van der Waals surface area contributed by atoms with Crippen LogP contribution in [0.25, 0.3) is 21.3 Å². The van der Waals surface area contributed by atoms with Crippen molar-refractivity contribution in [2.45, 2.75) is 26.3 Å². The minimum Gasteiger partial charge on any atom is -0.330 e.